The van der Waals surface area contributed by atoms with Crippen LogP contribution in [0.2, 0.25) is 15.1 Å². The van der Waals surface area contributed by atoms with E-state index in [1.165, 1.54) is 6.92 Å². The van der Waals surface area contributed by atoms with Crippen molar-refractivity contribution in [2.24, 2.45) is 0 Å². The summed E-state index contributed by atoms with van der Waals surface area (Å²) in [7, 11) is 0. The number of alkyl halides is 8. The van der Waals surface area contributed by atoms with Crippen LogP contribution in [0.3, 0.4) is 0 Å². The van der Waals surface area contributed by atoms with Crippen LogP contribution < -0.4 is 5.32 Å². The Morgan fingerprint density at radius 3 is 2.08 bits per heavy atom. The predicted molar refractivity (Wildman–Crippen MR) is 131 cm³/mol. The summed E-state index contributed by atoms with van der Waals surface area (Å²) in [6.45, 7) is 1.38. The van der Waals surface area contributed by atoms with Gasteiger partial charge in [-0.2, -0.15) is 38.1 Å². The number of rotatable bonds is 9. The van der Waals surface area contributed by atoms with Crippen molar-refractivity contribution in [1.82, 2.24) is 5.32 Å². The first-order valence-corrected chi connectivity index (χ1v) is 12.7. The Bertz CT molecular complexity index is 1160. The normalized spacial score (nSPS) is 14.5. The Balaban J connectivity index is 2.44. The van der Waals surface area contributed by atoms with Gasteiger partial charge in [-0.3, -0.25) is 4.79 Å². The Morgan fingerprint density at radius 1 is 1.00 bits per heavy atom. The van der Waals surface area contributed by atoms with Gasteiger partial charge in [-0.15, -0.1) is 0 Å². The lowest BCUT2D eigenvalue weighted by atomic mass is 9.95. The molecule has 38 heavy (non-hydrogen) atoms. The standard InChI is InChI=1S/C23H17Cl3F9NOS/c1-10(8-38-9-19(28)29)36-21(37)13-3-2-11(4-15(13)23(33,34)35)18(27)7-14(22(30,31)32)12-5-16(24)20(26)17(25)6-12/h2-7,10,14,19H,8-9H2,1H3,(H,36,37)/b18-7-/t10-,14?/m1/s1. The zero-order chi connectivity index (χ0) is 29.0. The largest absolute Gasteiger partial charge is 0.417 e. The third-order valence-electron chi connectivity index (χ3n) is 4.87. The summed E-state index contributed by atoms with van der Waals surface area (Å²) >= 11 is 18.0. The molecule has 2 rings (SSSR count). The maximum absolute atomic E-state index is 14.9. The summed E-state index contributed by atoms with van der Waals surface area (Å²) in [5.41, 5.74) is -4.03. The van der Waals surface area contributed by atoms with Crippen molar-refractivity contribution in [3.63, 3.8) is 0 Å². The quantitative estimate of drug-likeness (QED) is 0.220. The second-order valence-electron chi connectivity index (χ2n) is 7.89. The van der Waals surface area contributed by atoms with Crippen molar-refractivity contribution in [2.45, 2.75) is 37.7 Å². The lowest BCUT2D eigenvalue weighted by Gasteiger charge is -2.19. The average Bonchev–Trinajstić information content (AvgIpc) is 2.78. The number of carbonyl (C=O) groups is 1. The molecule has 1 unspecified atom stereocenters. The molecule has 2 nitrogen and oxygen atoms in total. The van der Waals surface area contributed by atoms with Gasteiger partial charge in [0.2, 0.25) is 6.43 Å². The van der Waals surface area contributed by atoms with Crippen molar-refractivity contribution in [3.05, 3.63) is 73.7 Å². The minimum atomic E-state index is -5.18. The zero-order valence-corrected chi connectivity index (χ0v) is 22.0. The SMILES string of the molecule is C[C@H](CSCC(F)F)NC(=O)c1ccc(/C(F)=C/C(c2cc(Cl)c(Cl)c(Cl)c2)C(F)(F)F)cc1C(F)(F)F. The van der Waals surface area contributed by atoms with Crippen molar-refractivity contribution < 1.29 is 44.3 Å². The highest BCUT2D eigenvalue weighted by molar-refractivity contribution is 7.99. The third kappa shape index (κ3) is 8.89. The molecule has 2 aromatic rings. The van der Waals surface area contributed by atoms with Crippen molar-refractivity contribution in [3.8, 4) is 0 Å². The molecule has 15 heteroatoms. The monoisotopic (exact) mass is 631 g/mol. The van der Waals surface area contributed by atoms with Crippen molar-refractivity contribution in [2.75, 3.05) is 11.5 Å². The van der Waals surface area contributed by atoms with Gasteiger partial charge in [-0.05, 0) is 42.8 Å². The number of nitrogens with one attached hydrogen (secondary N) is 1. The minimum absolute atomic E-state index is 0.0234. The summed E-state index contributed by atoms with van der Waals surface area (Å²) < 4.78 is 122. The fourth-order valence-corrected chi connectivity index (χ4v) is 4.54. The van der Waals surface area contributed by atoms with E-state index in [1.54, 1.807) is 0 Å². The third-order valence-corrected chi connectivity index (χ3v) is 7.29. The number of hydrogen-bond acceptors (Lipinski definition) is 2. The molecule has 0 fully saturated rings. The van der Waals surface area contributed by atoms with Crippen LogP contribution in [-0.2, 0) is 6.18 Å². The van der Waals surface area contributed by atoms with E-state index in [4.69, 9.17) is 34.8 Å². The number of amides is 1. The summed E-state index contributed by atoms with van der Waals surface area (Å²) in [6, 6.07) is 2.32. The highest BCUT2D eigenvalue weighted by Gasteiger charge is 2.41. The van der Waals surface area contributed by atoms with E-state index in [-0.39, 0.29) is 33.0 Å². The molecular weight excluding hydrogens is 616 g/mol. The van der Waals surface area contributed by atoms with E-state index < -0.39 is 70.5 Å². The van der Waals surface area contributed by atoms with E-state index in [2.05, 4.69) is 5.32 Å². The van der Waals surface area contributed by atoms with Gasteiger partial charge in [0.1, 0.15) is 11.7 Å². The van der Waals surface area contributed by atoms with Gasteiger partial charge in [-0.25, -0.2) is 13.2 Å². The molecule has 0 spiro atoms. The topological polar surface area (TPSA) is 29.1 Å². The Hall–Kier alpha value is -1.76. The molecule has 2 aromatic carbocycles. The van der Waals surface area contributed by atoms with Crippen LogP contribution in [0.4, 0.5) is 39.5 Å². The van der Waals surface area contributed by atoms with E-state index >= 15 is 0 Å². The first kappa shape index (κ1) is 32.5. The van der Waals surface area contributed by atoms with Crippen LogP contribution in [0.15, 0.2) is 36.4 Å². The fourth-order valence-electron chi connectivity index (χ4n) is 3.18. The summed E-state index contributed by atoms with van der Waals surface area (Å²) in [5.74, 6) is -6.11. The van der Waals surface area contributed by atoms with Gasteiger partial charge in [-0.1, -0.05) is 40.9 Å². The molecule has 0 aliphatic rings. The van der Waals surface area contributed by atoms with Crippen LogP contribution in [0.1, 0.15) is 39.9 Å². The Labute approximate surface area is 230 Å². The van der Waals surface area contributed by atoms with E-state index in [9.17, 15) is 44.3 Å². The van der Waals surface area contributed by atoms with Gasteiger partial charge in [0.15, 0.2) is 0 Å². The second-order valence-corrected chi connectivity index (χ2v) is 10.2. The molecule has 0 saturated heterocycles. The van der Waals surface area contributed by atoms with E-state index in [0.717, 1.165) is 23.9 Å². The highest BCUT2D eigenvalue weighted by atomic mass is 35.5. The number of carbonyl (C=O) groups excluding carboxylic acids is 1. The first-order valence-electron chi connectivity index (χ1n) is 10.4. The van der Waals surface area contributed by atoms with Crippen molar-refractivity contribution in [1.29, 1.82) is 0 Å². The number of halogens is 12. The molecule has 0 aliphatic heterocycles. The molecule has 0 bridgehead atoms. The molecule has 0 aliphatic carbocycles. The molecular formula is C23H17Cl3F9NOS. The Kier molecular flexibility index (Phi) is 11.2. The van der Waals surface area contributed by atoms with E-state index in [1.807, 2.05) is 0 Å². The Morgan fingerprint density at radius 2 is 1.58 bits per heavy atom. The number of benzene rings is 2. The zero-order valence-electron chi connectivity index (χ0n) is 19.0. The average molecular weight is 633 g/mol. The maximum atomic E-state index is 14.9. The minimum Gasteiger partial charge on any atom is -0.349 e. The molecule has 0 heterocycles. The van der Waals surface area contributed by atoms with Crippen molar-refractivity contribution >= 4 is 58.3 Å². The first-order chi connectivity index (χ1) is 17.4. The number of allylic oxidation sites excluding steroid dienone is 1. The van der Waals surface area contributed by atoms with Crippen LogP contribution in [0.5, 0.6) is 0 Å². The summed E-state index contributed by atoms with van der Waals surface area (Å²) in [4.78, 5) is 12.4. The molecule has 2 atom stereocenters. The number of hydrogen-bond donors (Lipinski definition) is 1. The summed E-state index contributed by atoms with van der Waals surface area (Å²) in [6.07, 6.45) is -12.8. The lowest BCUT2D eigenvalue weighted by Crippen LogP contribution is -2.35. The summed E-state index contributed by atoms with van der Waals surface area (Å²) in [5, 5.41) is 1.27. The van der Waals surface area contributed by atoms with Gasteiger partial charge in [0.25, 0.3) is 5.91 Å². The molecule has 1 amide bonds. The molecule has 1 N–H and O–H groups in total. The smallest absolute Gasteiger partial charge is 0.349 e. The van der Waals surface area contributed by atoms with Crippen LogP contribution >= 0.6 is 46.6 Å². The fraction of sp³-hybridized carbons (Fsp3) is 0.348. The van der Waals surface area contributed by atoms with Gasteiger partial charge in [0, 0.05) is 17.4 Å². The second kappa shape index (κ2) is 13.1. The number of thioether (sulfide) groups is 1. The van der Waals surface area contributed by atoms with Crippen LogP contribution in [0.25, 0.3) is 5.83 Å². The van der Waals surface area contributed by atoms with Crippen LogP contribution in [0, 0.1) is 0 Å². The van der Waals surface area contributed by atoms with E-state index in [0.29, 0.717) is 12.1 Å². The molecule has 0 saturated carbocycles. The highest BCUT2D eigenvalue weighted by Crippen LogP contribution is 2.42. The van der Waals surface area contributed by atoms with Gasteiger partial charge < -0.3 is 5.32 Å². The maximum Gasteiger partial charge on any atom is 0.417 e. The molecule has 210 valence electrons. The molecule has 0 aromatic heterocycles. The van der Waals surface area contributed by atoms with Gasteiger partial charge >= 0.3 is 12.4 Å². The predicted octanol–water partition coefficient (Wildman–Crippen LogP) is 9.44. The lowest BCUT2D eigenvalue weighted by molar-refractivity contribution is -0.140. The van der Waals surface area contributed by atoms with Crippen LogP contribution in [-0.4, -0.2) is 36.1 Å². The van der Waals surface area contributed by atoms with Gasteiger partial charge in [0.05, 0.1) is 31.9 Å². The molecule has 0 radical (unpaired) electrons.